The molecule has 0 saturated carbocycles. The number of fused-ring (bicyclic) bond motifs is 9. The van der Waals surface area contributed by atoms with Gasteiger partial charge >= 0.3 is 0 Å². The number of hydrogen-bond donors (Lipinski definition) is 0. The van der Waals surface area contributed by atoms with Gasteiger partial charge in [-0.25, -0.2) is 0 Å². The van der Waals surface area contributed by atoms with E-state index in [1.807, 2.05) is 0 Å². The average Bonchev–Trinajstić information content (AvgIpc) is 3.41. The minimum atomic E-state index is -0.0838. The second kappa shape index (κ2) is 5.67. The summed E-state index contributed by atoms with van der Waals surface area (Å²) in [5, 5.41) is 4.00. The zero-order chi connectivity index (χ0) is 20.7. The van der Waals surface area contributed by atoms with Crippen molar-refractivity contribution < 1.29 is 0 Å². The lowest BCUT2D eigenvalue weighted by molar-refractivity contribution is 0.650. The van der Waals surface area contributed by atoms with Gasteiger partial charge in [-0.3, -0.25) is 0 Å². The van der Waals surface area contributed by atoms with Gasteiger partial charge in [-0.15, -0.1) is 0 Å². The number of rotatable bonds is 1. The van der Waals surface area contributed by atoms with Crippen LogP contribution in [0.5, 0.6) is 0 Å². The molecule has 0 N–H and O–H groups in total. The molecular formula is C29H22N2. The van der Waals surface area contributed by atoms with Gasteiger partial charge in [0, 0.05) is 33.0 Å². The van der Waals surface area contributed by atoms with Crippen LogP contribution in [-0.4, -0.2) is 9.13 Å². The van der Waals surface area contributed by atoms with E-state index in [9.17, 15) is 0 Å². The van der Waals surface area contributed by atoms with Gasteiger partial charge in [0.2, 0.25) is 0 Å². The minimum Gasteiger partial charge on any atom is -0.312 e. The highest BCUT2D eigenvalue weighted by atomic mass is 15.0. The second-order valence-corrected chi connectivity index (χ2v) is 9.09. The number of nitrogens with zero attached hydrogens (tertiary/aromatic N) is 2. The molecule has 0 atom stereocenters. The van der Waals surface area contributed by atoms with Crippen molar-refractivity contribution in [3.05, 3.63) is 108 Å². The highest BCUT2D eigenvalue weighted by Gasteiger charge is 2.39. The van der Waals surface area contributed by atoms with Crippen LogP contribution in [0.3, 0.4) is 0 Å². The molecule has 7 rings (SSSR count). The van der Waals surface area contributed by atoms with Crippen molar-refractivity contribution in [3.8, 4) is 11.4 Å². The minimum absolute atomic E-state index is 0.0838. The van der Waals surface area contributed by atoms with E-state index in [0.717, 1.165) is 0 Å². The van der Waals surface area contributed by atoms with Crippen molar-refractivity contribution in [2.75, 3.05) is 0 Å². The molecule has 6 aromatic rings. The maximum atomic E-state index is 2.47. The first-order valence-corrected chi connectivity index (χ1v) is 10.9. The normalized spacial score (nSPS) is 14.4. The third kappa shape index (κ3) is 2.02. The average molecular weight is 399 g/mol. The maximum Gasteiger partial charge on any atom is 0.0545 e. The Kier molecular flexibility index (Phi) is 3.10. The van der Waals surface area contributed by atoms with Crippen molar-refractivity contribution in [1.82, 2.24) is 9.13 Å². The summed E-state index contributed by atoms with van der Waals surface area (Å²) in [4.78, 5) is 0. The van der Waals surface area contributed by atoms with Gasteiger partial charge < -0.3 is 9.13 Å². The molecule has 0 unspecified atom stereocenters. The summed E-state index contributed by atoms with van der Waals surface area (Å²) >= 11 is 0. The van der Waals surface area contributed by atoms with Crippen molar-refractivity contribution >= 4 is 32.7 Å². The predicted molar refractivity (Wildman–Crippen MR) is 130 cm³/mol. The van der Waals surface area contributed by atoms with Crippen LogP contribution in [0.15, 0.2) is 97.1 Å². The van der Waals surface area contributed by atoms with E-state index >= 15 is 0 Å². The van der Waals surface area contributed by atoms with E-state index in [1.54, 1.807) is 0 Å². The summed E-state index contributed by atoms with van der Waals surface area (Å²) < 4.78 is 4.88. The molecule has 148 valence electrons. The molecule has 0 radical (unpaired) electrons. The van der Waals surface area contributed by atoms with Crippen molar-refractivity contribution in [2.24, 2.45) is 0 Å². The van der Waals surface area contributed by atoms with Gasteiger partial charge in [-0.2, -0.15) is 0 Å². The largest absolute Gasteiger partial charge is 0.312 e. The molecule has 0 aliphatic carbocycles. The molecular weight excluding hydrogens is 376 g/mol. The fourth-order valence-electron chi connectivity index (χ4n) is 5.73. The van der Waals surface area contributed by atoms with Crippen LogP contribution < -0.4 is 0 Å². The fraction of sp³-hybridized carbons (Fsp3) is 0.103. The summed E-state index contributed by atoms with van der Waals surface area (Å²) in [5.41, 5.74) is 9.04. The Morgan fingerprint density at radius 2 is 1.32 bits per heavy atom. The molecule has 0 bridgehead atoms. The predicted octanol–water partition coefficient (Wildman–Crippen LogP) is 7.37. The number of benzene rings is 4. The van der Waals surface area contributed by atoms with E-state index in [1.165, 1.54) is 55.3 Å². The Labute approximate surface area is 181 Å². The Morgan fingerprint density at radius 3 is 2.16 bits per heavy atom. The Hall–Kier alpha value is -3.78. The van der Waals surface area contributed by atoms with Crippen molar-refractivity contribution in [2.45, 2.75) is 19.3 Å². The number of hydrogen-bond acceptors (Lipinski definition) is 0. The van der Waals surface area contributed by atoms with Gasteiger partial charge in [-0.1, -0.05) is 68.4 Å². The van der Waals surface area contributed by atoms with Crippen molar-refractivity contribution in [3.63, 3.8) is 0 Å². The van der Waals surface area contributed by atoms with Crippen molar-refractivity contribution in [1.29, 1.82) is 0 Å². The van der Waals surface area contributed by atoms with Crippen LogP contribution >= 0.6 is 0 Å². The molecule has 2 heteroatoms. The SMILES string of the molecule is CC1(C)c2c(ccc3c2c2ccccc2n3-c2ccccc2)-n2c1cc1ccccc12. The summed E-state index contributed by atoms with van der Waals surface area (Å²) in [6, 6.07) is 35.2. The van der Waals surface area contributed by atoms with Crippen LogP contribution in [0, 0.1) is 0 Å². The maximum absolute atomic E-state index is 2.47. The quantitative estimate of drug-likeness (QED) is 0.274. The molecule has 0 amide bonds. The fourth-order valence-corrected chi connectivity index (χ4v) is 5.73. The molecule has 2 nitrogen and oxygen atoms in total. The summed E-state index contributed by atoms with van der Waals surface area (Å²) in [6.07, 6.45) is 0. The van der Waals surface area contributed by atoms with Crippen LogP contribution in [-0.2, 0) is 5.41 Å². The van der Waals surface area contributed by atoms with E-state index in [2.05, 4.69) is 120 Å². The topological polar surface area (TPSA) is 9.86 Å². The second-order valence-electron chi connectivity index (χ2n) is 9.09. The summed E-state index contributed by atoms with van der Waals surface area (Å²) in [6.45, 7) is 4.75. The lowest BCUT2D eigenvalue weighted by atomic mass is 9.81. The van der Waals surface area contributed by atoms with E-state index in [-0.39, 0.29) is 5.41 Å². The summed E-state index contributed by atoms with van der Waals surface area (Å²) in [5.74, 6) is 0. The van der Waals surface area contributed by atoms with Gasteiger partial charge in [0.05, 0.1) is 22.2 Å². The number of aromatic nitrogens is 2. The highest BCUT2D eigenvalue weighted by molar-refractivity contribution is 6.13. The van der Waals surface area contributed by atoms with Gasteiger partial charge in [-0.05, 0) is 48.0 Å². The molecule has 2 aromatic heterocycles. The lowest BCUT2D eigenvalue weighted by Crippen LogP contribution is -2.15. The highest BCUT2D eigenvalue weighted by Crippen LogP contribution is 2.50. The zero-order valence-electron chi connectivity index (χ0n) is 17.6. The van der Waals surface area contributed by atoms with Crippen LogP contribution in [0.2, 0.25) is 0 Å². The zero-order valence-corrected chi connectivity index (χ0v) is 17.6. The molecule has 0 fully saturated rings. The standard InChI is InChI=1S/C29H22N2/c1-29(2)26-18-19-10-6-8-14-22(19)31(26)25-17-16-24-27(28(25)29)21-13-7-9-15-23(21)30(24)20-11-4-3-5-12-20/h3-18H,1-2H3. The molecule has 4 aromatic carbocycles. The molecule has 0 spiro atoms. The van der Waals surface area contributed by atoms with Crippen LogP contribution in [0.25, 0.3) is 44.1 Å². The first-order valence-electron chi connectivity index (χ1n) is 10.9. The van der Waals surface area contributed by atoms with E-state index < -0.39 is 0 Å². The Balaban J connectivity index is 1.68. The van der Waals surface area contributed by atoms with E-state index in [4.69, 9.17) is 0 Å². The molecule has 3 heterocycles. The molecule has 0 saturated heterocycles. The molecule has 31 heavy (non-hydrogen) atoms. The smallest absolute Gasteiger partial charge is 0.0545 e. The Morgan fingerprint density at radius 1 is 0.613 bits per heavy atom. The number of para-hydroxylation sites is 3. The third-order valence-electron chi connectivity index (χ3n) is 7.05. The van der Waals surface area contributed by atoms with Gasteiger partial charge in [0.15, 0.2) is 0 Å². The van der Waals surface area contributed by atoms with Crippen LogP contribution in [0.1, 0.15) is 25.1 Å². The molecule has 1 aliphatic rings. The molecule has 1 aliphatic heterocycles. The lowest BCUT2D eigenvalue weighted by Gasteiger charge is -2.20. The van der Waals surface area contributed by atoms with Crippen LogP contribution in [0.4, 0.5) is 0 Å². The Bertz CT molecular complexity index is 1650. The van der Waals surface area contributed by atoms with Gasteiger partial charge in [0.25, 0.3) is 0 Å². The monoisotopic (exact) mass is 398 g/mol. The first-order chi connectivity index (χ1) is 15.2. The van der Waals surface area contributed by atoms with E-state index in [0.29, 0.717) is 0 Å². The first kappa shape index (κ1) is 17.0. The third-order valence-corrected chi connectivity index (χ3v) is 7.05. The van der Waals surface area contributed by atoms with Gasteiger partial charge in [0.1, 0.15) is 0 Å². The summed E-state index contributed by atoms with van der Waals surface area (Å²) in [7, 11) is 0.